The molecule has 2 N–H and O–H groups in total. The summed E-state index contributed by atoms with van der Waals surface area (Å²) in [4.78, 5) is 15.0. The number of aliphatic imine (C=N–C) groups is 1. The van der Waals surface area contributed by atoms with Crippen molar-refractivity contribution in [3.05, 3.63) is 29.3 Å². The van der Waals surface area contributed by atoms with Crippen LogP contribution in [0.3, 0.4) is 0 Å². The standard InChI is InChI=1S/C10H12N2O2/c1-12-6-8-4-3-7(5-9(8)11)10(13)14-2/h3-6H,11H2,1-2H3. The van der Waals surface area contributed by atoms with Crippen molar-refractivity contribution >= 4 is 17.9 Å². The van der Waals surface area contributed by atoms with E-state index in [1.54, 1.807) is 31.5 Å². The first-order valence-electron chi connectivity index (χ1n) is 4.09. The summed E-state index contributed by atoms with van der Waals surface area (Å²) in [5.74, 6) is -0.392. The van der Waals surface area contributed by atoms with Crippen molar-refractivity contribution in [3.8, 4) is 0 Å². The topological polar surface area (TPSA) is 64.7 Å². The van der Waals surface area contributed by atoms with Crippen molar-refractivity contribution in [2.75, 3.05) is 19.9 Å². The number of nitrogens with zero attached hydrogens (tertiary/aromatic N) is 1. The van der Waals surface area contributed by atoms with Crippen LogP contribution >= 0.6 is 0 Å². The van der Waals surface area contributed by atoms with Crippen LogP contribution in [0.5, 0.6) is 0 Å². The molecular formula is C10H12N2O2. The average Bonchev–Trinajstić information content (AvgIpc) is 2.20. The molecule has 74 valence electrons. The van der Waals surface area contributed by atoms with Gasteiger partial charge >= 0.3 is 5.97 Å². The highest BCUT2D eigenvalue weighted by molar-refractivity contribution is 5.94. The van der Waals surface area contributed by atoms with Crippen LogP contribution in [0, 0.1) is 0 Å². The Kier molecular flexibility index (Phi) is 3.23. The lowest BCUT2D eigenvalue weighted by atomic mass is 10.1. The fourth-order valence-corrected chi connectivity index (χ4v) is 1.08. The van der Waals surface area contributed by atoms with Gasteiger partial charge in [-0.3, -0.25) is 4.99 Å². The minimum atomic E-state index is -0.392. The van der Waals surface area contributed by atoms with Gasteiger partial charge in [-0.1, -0.05) is 6.07 Å². The predicted molar refractivity (Wildman–Crippen MR) is 55.7 cm³/mol. The van der Waals surface area contributed by atoms with Gasteiger partial charge in [0, 0.05) is 24.5 Å². The van der Waals surface area contributed by atoms with Crippen molar-refractivity contribution in [2.45, 2.75) is 0 Å². The Bertz CT molecular complexity index is 372. The maximum atomic E-state index is 11.1. The van der Waals surface area contributed by atoms with Gasteiger partial charge in [-0.25, -0.2) is 4.79 Å². The largest absolute Gasteiger partial charge is 0.465 e. The van der Waals surface area contributed by atoms with Gasteiger partial charge in [0.05, 0.1) is 12.7 Å². The second-order valence-corrected chi connectivity index (χ2v) is 2.72. The zero-order valence-corrected chi connectivity index (χ0v) is 8.15. The molecule has 0 radical (unpaired) electrons. The van der Waals surface area contributed by atoms with Crippen molar-refractivity contribution < 1.29 is 9.53 Å². The summed E-state index contributed by atoms with van der Waals surface area (Å²) in [6, 6.07) is 4.96. The van der Waals surface area contributed by atoms with E-state index in [1.165, 1.54) is 7.11 Å². The van der Waals surface area contributed by atoms with Gasteiger partial charge in [0.25, 0.3) is 0 Å². The Morgan fingerprint density at radius 1 is 1.57 bits per heavy atom. The van der Waals surface area contributed by atoms with Gasteiger partial charge in [-0.2, -0.15) is 0 Å². The molecule has 0 bridgehead atoms. The molecule has 0 spiro atoms. The lowest BCUT2D eigenvalue weighted by molar-refractivity contribution is 0.0601. The molecule has 0 aliphatic carbocycles. The second kappa shape index (κ2) is 4.41. The normalized spacial score (nSPS) is 10.4. The highest BCUT2D eigenvalue weighted by Crippen LogP contribution is 2.13. The van der Waals surface area contributed by atoms with E-state index in [9.17, 15) is 4.79 Å². The van der Waals surface area contributed by atoms with Gasteiger partial charge < -0.3 is 10.5 Å². The molecule has 1 aromatic carbocycles. The minimum absolute atomic E-state index is 0.392. The van der Waals surface area contributed by atoms with Crippen LogP contribution in [0.25, 0.3) is 0 Å². The van der Waals surface area contributed by atoms with E-state index < -0.39 is 5.97 Å². The molecule has 0 fully saturated rings. The number of rotatable bonds is 2. The summed E-state index contributed by atoms with van der Waals surface area (Å²) in [5, 5.41) is 0. The zero-order chi connectivity index (χ0) is 10.6. The Morgan fingerprint density at radius 3 is 2.79 bits per heavy atom. The zero-order valence-electron chi connectivity index (χ0n) is 8.15. The Morgan fingerprint density at radius 2 is 2.29 bits per heavy atom. The van der Waals surface area contributed by atoms with Crippen molar-refractivity contribution in [2.24, 2.45) is 4.99 Å². The quantitative estimate of drug-likeness (QED) is 0.433. The van der Waals surface area contributed by atoms with Crippen LogP contribution in [-0.4, -0.2) is 26.3 Å². The summed E-state index contributed by atoms with van der Waals surface area (Å²) >= 11 is 0. The molecule has 0 aromatic heterocycles. The van der Waals surface area contributed by atoms with Gasteiger partial charge in [-0.15, -0.1) is 0 Å². The van der Waals surface area contributed by atoms with Crippen molar-refractivity contribution in [1.82, 2.24) is 0 Å². The molecule has 0 aliphatic heterocycles. The third-order valence-corrected chi connectivity index (χ3v) is 1.78. The summed E-state index contributed by atoms with van der Waals surface area (Å²) in [6.07, 6.45) is 1.64. The smallest absolute Gasteiger partial charge is 0.337 e. The maximum absolute atomic E-state index is 11.1. The Labute approximate surface area is 82.4 Å². The number of hydrogen-bond acceptors (Lipinski definition) is 4. The monoisotopic (exact) mass is 192 g/mol. The highest BCUT2D eigenvalue weighted by atomic mass is 16.5. The highest BCUT2D eigenvalue weighted by Gasteiger charge is 2.06. The summed E-state index contributed by atoms with van der Waals surface area (Å²) in [5.41, 5.74) is 7.45. The summed E-state index contributed by atoms with van der Waals surface area (Å²) in [6.45, 7) is 0. The number of esters is 1. The van der Waals surface area contributed by atoms with Crippen molar-refractivity contribution in [1.29, 1.82) is 0 Å². The molecule has 0 heterocycles. The van der Waals surface area contributed by atoms with Crippen molar-refractivity contribution in [3.63, 3.8) is 0 Å². The van der Waals surface area contributed by atoms with Crippen LogP contribution in [0.4, 0.5) is 5.69 Å². The molecule has 0 atom stereocenters. The number of carbonyl (C=O) groups excluding carboxylic acids is 1. The minimum Gasteiger partial charge on any atom is -0.465 e. The summed E-state index contributed by atoms with van der Waals surface area (Å²) < 4.78 is 4.56. The lowest BCUT2D eigenvalue weighted by Crippen LogP contribution is -2.03. The molecule has 0 unspecified atom stereocenters. The van der Waals surface area contributed by atoms with Gasteiger partial charge in [0.15, 0.2) is 0 Å². The SMILES string of the molecule is CN=Cc1ccc(C(=O)OC)cc1N. The first-order valence-corrected chi connectivity index (χ1v) is 4.09. The number of methoxy groups -OCH3 is 1. The van der Waals surface area contributed by atoms with E-state index in [-0.39, 0.29) is 0 Å². The van der Waals surface area contributed by atoms with Crippen LogP contribution < -0.4 is 5.73 Å². The molecule has 0 aliphatic rings. The third kappa shape index (κ3) is 2.10. The van der Waals surface area contributed by atoms with E-state index in [0.29, 0.717) is 11.3 Å². The summed E-state index contributed by atoms with van der Waals surface area (Å²) in [7, 11) is 2.99. The number of hydrogen-bond donors (Lipinski definition) is 1. The fourth-order valence-electron chi connectivity index (χ4n) is 1.08. The van der Waals surface area contributed by atoms with Gasteiger partial charge in [-0.05, 0) is 12.1 Å². The van der Waals surface area contributed by atoms with Crippen LogP contribution in [0.1, 0.15) is 15.9 Å². The van der Waals surface area contributed by atoms with E-state index in [0.717, 1.165) is 5.56 Å². The molecule has 1 rings (SSSR count). The molecule has 4 nitrogen and oxygen atoms in total. The van der Waals surface area contributed by atoms with E-state index in [4.69, 9.17) is 5.73 Å². The fraction of sp³-hybridized carbons (Fsp3) is 0.200. The molecule has 0 amide bonds. The van der Waals surface area contributed by atoms with E-state index >= 15 is 0 Å². The first kappa shape index (κ1) is 10.2. The number of anilines is 1. The third-order valence-electron chi connectivity index (χ3n) is 1.78. The molecule has 14 heavy (non-hydrogen) atoms. The van der Waals surface area contributed by atoms with Crippen LogP contribution in [0.2, 0.25) is 0 Å². The molecule has 0 saturated carbocycles. The van der Waals surface area contributed by atoms with Crippen LogP contribution in [0.15, 0.2) is 23.2 Å². The molecule has 4 heteroatoms. The Balaban J connectivity index is 3.06. The number of carbonyl (C=O) groups is 1. The van der Waals surface area contributed by atoms with Crippen LogP contribution in [-0.2, 0) is 4.74 Å². The van der Waals surface area contributed by atoms with E-state index in [2.05, 4.69) is 9.73 Å². The number of nitrogens with two attached hydrogens (primary N) is 1. The molecule has 0 saturated heterocycles. The Hall–Kier alpha value is -1.84. The van der Waals surface area contributed by atoms with Gasteiger partial charge in [0.2, 0.25) is 0 Å². The molecule has 1 aromatic rings. The number of nitrogen functional groups attached to an aromatic ring is 1. The van der Waals surface area contributed by atoms with E-state index in [1.807, 2.05) is 0 Å². The molecular weight excluding hydrogens is 180 g/mol. The number of ether oxygens (including phenoxy) is 1. The second-order valence-electron chi connectivity index (χ2n) is 2.72. The average molecular weight is 192 g/mol. The van der Waals surface area contributed by atoms with Gasteiger partial charge in [0.1, 0.15) is 0 Å². The first-order chi connectivity index (χ1) is 6.69. The lowest BCUT2D eigenvalue weighted by Gasteiger charge is -2.02. The predicted octanol–water partition coefficient (Wildman–Crippen LogP) is 1.10. The maximum Gasteiger partial charge on any atom is 0.337 e. The number of benzene rings is 1.